The van der Waals surface area contributed by atoms with Gasteiger partial charge < -0.3 is 10.1 Å². The van der Waals surface area contributed by atoms with Crippen LogP contribution in [0, 0.1) is 6.92 Å². The van der Waals surface area contributed by atoms with Crippen molar-refractivity contribution in [2.45, 2.75) is 40.0 Å². The highest BCUT2D eigenvalue weighted by Gasteiger charge is 2.15. The fourth-order valence-electron chi connectivity index (χ4n) is 2.28. The fourth-order valence-corrected chi connectivity index (χ4v) is 2.47. The number of hydrogen-bond acceptors (Lipinski definition) is 3. The van der Waals surface area contributed by atoms with Gasteiger partial charge in [-0.25, -0.2) is 0 Å². The summed E-state index contributed by atoms with van der Waals surface area (Å²) >= 11 is 6.31. The second-order valence-electron chi connectivity index (χ2n) is 5.00. The molecular formula is C16H22ClN3O. The van der Waals surface area contributed by atoms with Crippen LogP contribution in [0.5, 0.6) is 5.75 Å². The first-order chi connectivity index (χ1) is 10.1. The van der Waals surface area contributed by atoms with Crippen LogP contribution in [0.15, 0.2) is 24.3 Å². The lowest BCUT2D eigenvalue weighted by Gasteiger charge is -2.16. The van der Waals surface area contributed by atoms with E-state index >= 15 is 0 Å². The lowest BCUT2D eigenvalue weighted by molar-refractivity contribution is 0.287. The molecule has 0 aliphatic heterocycles. The van der Waals surface area contributed by atoms with Gasteiger partial charge in [0.2, 0.25) is 0 Å². The Balaban J connectivity index is 2.21. The van der Waals surface area contributed by atoms with Gasteiger partial charge in [-0.05, 0) is 33.9 Å². The molecule has 2 rings (SSSR count). The van der Waals surface area contributed by atoms with Crippen LogP contribution in [0.4, 0.5) is 0 Å². The maximum atomic E-state index is 6.31. The molecule has 1 N–H and O–H groups in total. The number of benzene rings is 1. The van der Waals surface area contributed by atoms with Crippen LogP contribution in [0.1, 0.15) is 36.8 Å². The number of nitrogens with one attached hydrogen (secondary N) is 1. The van der Waals surface area contributed by atoms with Gasteiger partial charge in [-0.1, -0.05) is 29.8 Å². The molecule has 0 amide bonds. The van der Waals surface area contributed by atoms with Crippen LogP contribution in [-0.4, -0.2) is 16.8 Å². The molecule has 1 aromatic carbocycles. The Morgan fingerprint density at radius 2 is 2.10 bits per heavy atom. The summed E-state index contributed by atoms with van der Waals surface area (Å²) in [7, 11) is 1.94. The first-order valence-corrected chi connectivity index (χ1v) is 7.57. The van der Waals surface area contributed by atoms with Gasteiger partial charge in [-0.15, -0.1) is 0 Å². The van der Waals surface area contributed by atoms with Crippen molar-refractivity contribution in [3.8, 4) is 5.75 Å². The van der Waals surface area contributed by atoms with Gasteiger partial charge in [0.15, 0.2) is 0 Å². The van der Waals surface area contributed by atoms with Crippen molar-refractivity contribution in [2.75, 3.05) is 7.05 Å². The zero-order valence-electron chi connectivity index (χ0n) is 13.0. The summed E-state index contributed by atoms with van der Waals surface area (Å²) in [6.07, 6.45) is 0. The van der Waals surface area contributed by atoms with Gasteiger partial charge in [0.25, 0.3) is 0 Å². The van der Waals surface area contributed by atoms with Crippen molar-refractivity contribution >= 4 is 11.6 Å². The van der Waals surface area contributed by atoms with E-state index in [0.29, 0.717) is 11.6 Å². The third-order valence-electron chi connectivity index (χ3n) is 3.64. The fraction of sp³-hybridized carbons (Fsp3) is 0.438. The molecule has 1 heterocycles. The molecule has 0 bridgehead atoms. The number of hydrogen-bond donors (Lipinski definition) is 1. The summed E-state index contributed by atoms with van der Waals surface area (Å²) in [5.41, 5.74) is 2.90. The molecule has 0 saturated carbocycles. The van der Waals surface area contributed by atoms with E-state index in [4.69, 9.17) is 16.3 Å². The Morgan fingerprint density at radius 1 is 1.38 bits per heavy atom. The minimum atomic E-state index is 0.231. The minimum absolute atomic E-state index is 0.231. The monoisotopic (exact) mass is 307 g/mol. The van der Waals surface area contributed by atoms with Gasteiger partial charge in [-0.2, -0.15) is 5.10 Å². The number of halogens is 1. The van der Waals surface area contributed by atoms with Crippen molar-refractivity contribution in [2.24, 2.45) is 0 Å². The minimum Gasteiger partial charge on any atom is -0.487 e. The summed E-state index contributed by atoms with van der Waals surface area (Å²) in [6.45, 7) is 7.26. The lowest BCUT2D eigenvalue weighted by Crippen LogP contribution is -2.14. The van der Waals surface area contributed by atoms with Gasteiger partial charge >= 0.3 is 0 Å². The summed E-state index contributed by atoms with van der Waals surface area (Å²) < 4.78 is 7.89. The predicted molar refractivity (Wildman–Crippen MR) is 85.9 cm³/mol. The van der Waals surface area contributed by atoms with E-state index in [0.717, 1.165) is 29.2 Å². The van der Waals surface area contributed by atoms with E-state index < -0.39 is 0 Å². The summed E-state index contributed by atoms with van der Waals surface area (Å²) in [4.78, 5) is 0. The summed E-state index contributed by atoms with van der Waals surface area (Å²) in [6, 6.07) is 8.28. The topological polar surface area (TPSA) is 39.1 Å². The van der Waals surface area contributed by atoms with Crippen LogP contribution >= 0.6 is 11.6 Å². The molecule has 5 heteroatoms. The van der Waals surface area contributed by atoms with Gasteiger partial charge in [0, 0.05) is 18.2 Å². The zero-order valence-corrected chi connectivity index (χ0v) is 13.7. The molecule has 0 radical (unpaired) electrons. The molecule has 0 aliphatic carbocycles. The Hall–Kier alpha value is -1.52. The van der Waals surface area contributed by atoms with Crippen molar-refractivity contribution in [3.05, 3.63) is 46.2 Å². The first kappa shape index (κ1) is 15.9. The predicted octanol–water partition coefficient (Wildman–Crippen LogP) is 3.72. The number of ether oxygens (including phenoxy) is 1. The third-order valence-corrected chi connectivity index (χ3v) is 4.13. The standard InChI is InChI=1S/C16H22ClN3O/c1-5-20-14(16(17)12(3)19-20)10-21-15-9-7-6-8-13(15)11(2)18-4/h6-9,11,18H,5,10H2,1-4H3. The Labute approximate surface area is 131 Å². The van der Waals surface area contributed by atoms with Crippen LogP contribution in [0.2, 0.25) is 5.02 Å². The van der Waals surface area contributed by atoms with E-state index in [1.165, 1.54) is 0 Å². The quantitative estimate of drug-likeness (QED) is 0.884. The molecule has 2 aromatic rings. The second-order valence-corrected chi connectivity index (χ2v) is 5.38. The van der Waals surface area contributed by atoms with Crippen LogP contribution in [0.3, 0.4) is 0 Å². The van der Waals surface area contributed by atoms with Gasteiger partial charge in [0.1, 0.15) is 12.4 Å². The average molecular weight is 308 g/mol. The summed E-state index contributed by atoms with van der Waals surface area (Å²) in [5, 5.41) is 8.33. The molecule has 1 unspecified atom stereocenters. The Kier molecular flexibility index (Phi) is 5.26. The molecule has 1 atom stereocenters. The number of rotatable bonds is 6. The van der Waals surface area contributed by atoms with E-state index in [1.54, 1.807) is 0 Å². The molecule has 114 valence electrons. The smallest absolute Gasteiger partial charge is 0.131 e. The van der Waals surface area contributed by atoms with Crippen LogP contribution < -0.4 is 10.1 Å². The van der Waals surface area contributed by atoms with Crippen molar-refractivity contribution in [1.82, 2.24) is 15.1 Å². The average Bonchev–Trinajstić information content (AvgIpc) is 2.79. The normalized spacial score (nSPS) is 12.4. The lowest BCUT2D eigenvalue weighted by atomic mass is 10.1. The van der Waals surface area contributed by atoms with Gasteiger partial charge in [-0.3, -0.25) is 4.68 Å². The SMILES string of the molecule is CCn1nc(C)c(Cl)c1COc1ccccc1C(C)NC. The molecule has 0 spiro atoms. The van der Waals surface area contributed by atoms with E-state index in [2.05, 4.69) is 23.4 Å². The molecule has 0 aliphatic rings. The highest BCUT2D eigenvalue weighted by molar-refractivity contribution is 6.31. The number of nitrogens with zero attached hydrogens (tertiary/aromatic N) is 2. The highest BCUT2D eigenvalue weighted by atomic mass is 35.5. The highest BCUT2D eigenvalue weighted by Crippen LogP contribution is 2.27. The molecule has 4 nitrogen and oxygen atoms in total. The van der Waals surface area contributed by atoms with E-state index in [9.17, 15) is 0 Å². The molecule has 1 aromatic heterocycles. The number of para-hydroxylation sites is 1. The van der Waals surface area contributed by atoms with Crippen molar-refractivity contribution in [1.29, 1.82) is 0 Å². The second kappa shape index (κ2) is 6.96. The molecule has 0 saturated heterocycles. The first-order valence-electron chi connectivity index (χ1n) is 7.19. The van der Waals surface area contributed by atoms with E-state index in [1.807, 2.05) is 43.8 Å². The Morgan fingerprint density at radius 3 is 2.76 bits per heavy atom. The van der Waals surface area contributed by atoms with Crippen molar-refractivity contribution in [3.63, 3.8) is 0 Å². The zero-order chi connectivity index (χ0) is 15.4. The number of aryl methyl sites for hydroxylation is 2. The molecule has 21 heavy (non-hydrogen) atoms. The van der Waals surface area contributed by atoms with E-state index in [-0.39, 0.29) is 6.04 Å². The summed E-state index contributed by atoms with van der Waals surface area (Å²) in [5.74, 6) is 0.872. The van der Waals surface area contributed by atoms with Crippen LogP contribution in [-0.2, 0) is 13.2 Å². The third kappa shape index (κ3) is 3.39. The van der Waals surface area contributed by atoms with Crippen molar-refractivity contribution < 1.29 is 4.74 Å². The number of aromatic nitrogens is 2. The maximum absolute atomic E-state index is 6.31. The Bertz CT molecular complexity index is 610. The molecular weight excluding hydrogens is 286 g/mol. The largest absolute Gasteiger partial charge is 0.487 e. The van der Waals surface area contributed by atoms with Crippen LogP contribution in [0.25, 0.3) is 0 Å². The maximum Gasteiger partial charge on any atom is 0.131 e. The van der Waals surface area contributed by atoms with Gasteiger partial charge in [0.05, 0.1) is 16.4 Å². The molecule has 0 fully saturated rings.